The van der Waals surface area contributed by atoms with Crippen molar-refractivity contribution >= 4 is 21.8 Å². The molecule has 2 heterocycles. The van der Waals surface area contributed by atoms with Crippen molar-refractivity contribution in [1.82, 2.24) is 19.5 Å². The Balaban J connectivity index is 1.14. The fraction of sp³-hybridized carbons (Fsp3) is 0. The highest BCUT2D eigenvalue weighted by atomic mass is 15.0. The largest absolute Gasteiger partial charge is 0.309 e. The molecule has 9 aromatic carbocycles. The Morgan fingerprint density at radius 3 is 1.02 bits per heavy atom. The highest BCUT2D eigenvalue weighted by Crippen LogP contribution is 2.39. The van der Waals surface area contributed by atoms with Crippen LogP contribution >= 0.6 is 0 Å². The van der Waals surface area contributed by atoms with Crippen molar-refractivity contribution in [1.29, 1.82) is 0 Å². The second-order valence-corrected chi connectivity index (χ2v) is 15.3. The van der Waals surface area contributed by atoms with Crippen LogP contribution in [-0.2, 0) is 0 Å². The number of nitrogens with zero attached hydrogens (tertiary/aromatic N) is 4. The number of aromatic nitrogens is 4. The smallest absolute Gasteiger partial charge is 0.164 e. The van der Waals surface area contributed by atoms with E-state index in [1.165, 1.54) is 16.5 Å². The van der Waals surface area contributed by atoms with Crippen LogP contribution in [0.15, 0.2) is 231 Å². The van der Waals surface area contributed by atoms with E-state index in [0.717, 1.165) is 72.2 Å². The lowest BCUT2D eigenvalue weighted by Gasteiger charge is -2.15. The average molecular weight is 779 g/mol. The lowest BCUT2D eigenvalue weighted by atomic mass is 9.98. The maximum absolute atomic E-state index is 5.19. The Morgan fingerprint density at radius 2 is 0.541 bits per heavy atom. The third-order valence-electron chi connectivity index (χ3n) is 11.4. The van der Waals surface area contributed by atoms with Crippen LogP contribution in [0.3, 0.4) is 0 Å². The predicted octanol–water partition coefficient (Wildman–Crippen LogP) is 14.6. The van der Waals surface area contributed by atoms with Crippen LogP contribution in [0.5, 0.6) is 0 Å². The van der Waals surface area contributed by atoms with Gasteiger partial charge >= 0.3 is 0 Å². The van der Waals surface area contributed by atoms with Gasteiger partial charge in [0.2, 0.25) is 0 Å². The summed E-state index contributed by atoms with van der Waals surface area (Å²) in [6, 6.07) is 81.4. The zero-order valence-corrected chi connectivity index (χ0v) is 33.2. The summed E-state index contributed by atoms with van der Waals surface area (Å²) in [4.78, 5) is 15.4. The van der Waals surface area contributed by atoms with Crippen molar-refractivity contribution in [2.45, 2.75) is 0 Å². The minimum Gasteiger partial charge on any atom is -0.309 e. The maximum atomic E-state index is 5.19. The van der Waals surface area contributed by atoms with E-state index >= 15 is 0 Å². The zero-order chi connectivity index (χ0) is 40.5. The fourth-order valence-electron chi connectivity index (χ4n) is 8.37. The molecule has 61 heavy (non-hydrogen) atoms. The minimum atomic E-state index is 0.614. The summed E-state index contributed by atoms with van der Waals surface area (Å²) in [5.41, 5.74) is 15.3. The topological polar surface area (TPSA) is 43.6 Å². The lowest BCUT2D eigenvalue weighted by Crippen LogP contribution is -2.00. The van der Waals surface area contributed by atoms with Crippen LogP contribution in [0.2, 0.25) is 0 Å². The lowest BCUT2D eigenvalue weighted by molar-refractivity contribution is 1.07. The van der Waals surface area contributed by atoms with Crippen LogP contribution < -0.4 is 0 Å². The van der Waals surface area contributed by atoms with Crippen molar-refractivity contribution in [3.8, 4) is 84.4 Å². The number of fused-ring (bicyclic) bond motifs is 3. The highest BCUT2D eigenvalue weighted by molar-refractivity contribution is 6.11. The molecule has 0 atom stereocenters. The Labute approximate surface area is 354 Å². The van der Waals surface area contributed by atoms with E-state index in [-0.39, 0.29) is 0 Å². The van der Waals surface area contributed by atoms with Crippen molar-refractivity contribution in [2.75, 3.05) is 0 Å². The van der Waals surface area contributed by atoms with Crippen molar-refractivity contribution in [3.63, 3.8) is 0 Å². The molecule has 4 heteroatoms. The molecule has 0 unspecified atom stereocenters. The SMILES string of the molecule is c1ccc(-c2ccc(-c3nc(-c4ccccc4)nc(-c4ccc5c6ccc(-c7ccccc7)cc6n(-c6cc(-c7ccccc7)cc(-c7ccccc7)c6)c5c4)n3)cc2)cc1. The van der Waals surface area contributed by atoms with Gasteiger partial charge in [-0.25, -0.2) is 15.0 Å². The average Bonchev–Trinajstić information content (AvgIpc) is 3.68. The first kappa shape index (κ1) is 35.9. The molecule has 0 saturated carbocycles. The van der Waals surface area contributed by atoms with E-state index in [0.29, 0.717) is 17.5 Å². The molecular weight excluding hydrogens is 741 g/mol. The molecule has 286 valence electrons. The Morgan fingerprint density at radius 1 is 0.230 bits per heavy atom. The van der Waals surface area contributed by atoms with Crippen molar-refractivity contribution < 1.29 is 0 Å². The normalized spacial score (nSPS) is 11.3. The summed E-state index contributed by atoms with van der Waals surface area (Å²) in [6.45, 7) is 0. The molecule has 0 aliphatic carbocycles. The van der Waals surface area contributed by atoms with E-state index in [1.807, 2.05) is 24.3 Å². The molecule has 0 aliphatic heterocycles. The standard InChI is InChI=1S/C57H38N4/c1-6-16-39(17-7-1)43-26-28-45(29-27-43)56-58-55(44-24-14-5-15-25-44)59-57(60-56)47-31-33-52-51-32-30-46(40-18-8-2-9-19-40)37-53(51)61(54(52)38-47)50-35-48(41-20-10-3-11-21-41)34-49(36-50)42-22-12-4-13-23-42/h1-38H. The van der Waals surface area contributed by atoms with Gasteiger partial charge in [-0.2, -0.15) is 0 Å². The first-order valence-corrected chi connectivity index (χ1v) is 20.6. The fourth-order valence-corrected chi connectivity index (χ4v) is 8.37. The summed E-state index contributed by atoms with van der Waals surface area (Å²) in [5, 5.41) is 2.33. The Hall–Kier alpha value is -8.21. The summed E-state index contributed by atoms with van der Waals surface area (Å²) in [7, 11) is 0. The van der Waals surface area contributed by atoms with Gasteiger partial charge in [-0.3, -0.25) is 0 Å². The quantitative estimate of drug-likeness (QED) is 0.154. The van der Waals surface area contributed by atoms with Gasteiger partial charge in [0.15, 0.2) is 17.5 Å². The van der Waals surface area contributed by atoms with Gasteiger partial charge in [-0.1, -0.05) is 200 Å². The van der Waals surface area contributed by atoms with Gasteiger partial charge in [0.05, 0.1) is 11.0 Å². The third kappa shape index (κ3) is 6.96. The van der Waals surface area contributed by atoms with Gasteiger partial charge in [-0.15, -0.1) is 0 Å². The molecule has 2 aromatic heterocycles. The van der Waals surface area contributed by atoms with Gasteiger partial charge in [-0.05, 0) is 74.8 Å². The third-order valence-corrected chi connectivity index (χ3v) is 11.4. The molecule has 11 aromatic rings. The number of rotatable bonds is 8. The maximum Gasteiger partial charge on any atom is 0.164 e. The Bertz CT molecular complexity index is 3250. The summed E-state index contributed by atoms with van der Waals surface area (Å²) in [6.07, 6.45) is 0. The molecule has 0 saturated heterocycles. The Kier molecular flexibility index (Phi) is 9.14. The number of hydrogen-bond acceptors (Lipinski definition) is 3. The van der Waals surface area contributed by atoms with E-state index in [4.69, 9.17) is 15.0 Å². The second kappa shape index (κ2) is 15.5. The number of benzene rings is 9. The number of hydrogen-bond donors (Lipinski definition) is 0. The molecule has 0 bridgehead atoms. The minimum absolute atomic E-state index is 0.614. The van der Waals surface area contributed by atoms with E-state index < -0.39 is 0 Å². The van der Waals surface area contributed by atoms with Crippen molar-refractivity contribution in [3.05, 3.63) is 231 Å². The highest BCUT2D eigenvalue weighted by Gasteiger charge is 2.19. The van der Waals surface area contributed by atoms with Crippen molar-refractivity contribution in [2.24, 2.45) is 0 Å². The molecule has 0 radical (unpaired) electrons. The van der Waals surface area contributed by atoms with Crippen LogP contribution in [-0.4, -0.2) is 19.5 Å². The van der Waals surface area contributed by atoms with Crippen LogP contribution in [0.1, 0.15) is 0 Å². The summed E-state index contributed by atoms with van der Waals surface area (Å²) in [5.74, 6) is 1.87. The first-order chi connectivity index (χ1) is 30.2. The van der Waals surface area contributed by atoms with E-state index in [9.17, 15) is 0 Å². The van der Waals surface area contributed by atoms with Gasteiger partial charge in [0.1, 0.15) is 0 Å². The van der Waals surface area contributed by atoms with E-state index in [2.05, 4.69) is 211 Å². The molecule has 0 spiro atoms. The molecule has 4 nitrogen and oxygen atoms in total. The van der Waals surface area contributed by atoms with Crippen LogP contribution in [0.25, 0.3) is 106 Å². The summed E-state index contributed by atoms with van der Waals surface area (Å²) >= 11 is 0. The molecule has 0 amide bonds. The monoisotopic (exact) mass is 778 g/mol. The first-order valence-electron chi connectivity index (χ1n) is 20.6. The molecule has 0 fully saturated rings. The van der Waals surface area contributed by atoms with Gasteiger partial charge < -0.3 is 4.57 Å². The van der Waals surface area contributed by atoms with Crippen LogP contribution in [0.4, 0.5) is 0 Å². The van der Waals surface area contributed by atoms with Crippen LogP contribution in [0, 0.1) is 0 Å². The molecule has 0 N–H and O–H groups in total. The zero-order valence-electron chi connectivity index (χ0n) is 33.2. The molecular formula is C57H38N4. The predicted molar refractivity (Wildman–Crippen MR) is 252 cm³/mol. The second-order valence-electron chi connectivity index (χ2n) is 15.3. The summed E-state index contributed by atoms with van der Waals surface area (Å²) < 4.78 is 2.42. The molecule has 11 rings (SSSR count). The van der Waals surface area contributed by atoms with Gasteiger partial charge in [0, 0.05) is 33.2 Å². The van der Waals surface area contributed by atoms with Gasteiger partial charge in [0.25, 0.3) is 0 Å². The molecule has 0 aliphatic rings. The van der Waals surface area contributed by atoms with E-state index in [1.54, 1.807) is 0 Å².